The molecule has 2 nitrogen and oxygen atoms in total. The Morgan fingerprint density at radius 2 is 1.94 bits per heavy atom. The van der Waals surface area contributed by atoms with Crippen molar-refractivity contribution in [3.63, 3.8) is 0 Å². The summed E-state index contributed by atoms with van der Waals surface area (Å²) >= 11 is 0. The molecule has 2 rings (SSSR count). The van der Waals surface area contributed by atoms with E-state index in [1.807, 2.05) is 0 Å². The minimum Gasteiger partial charge on any atom is -0.378 e. The summed E-state index contributed by atoms with van der Waals surface area (Å²) in [5, 5.41) is 0. The van der Waals surface area contributed by atoms with E-state index in [4.69, 9.17) is 4.74 Å². The van der Waals surface area contributed by atoms with Crippen molar-refractivity contribution in [3.05, 3.63) is 34.9 Å². The summed E-state index contributed by atoms with van der Waals surface area (Å²) in [6, 6.07) is 6.34. The molecule has 1 aromatic rings. The molecule has 1 atom stereocenters. The number of hydrogen-bond donors (Lipinski definition) is 0. The molecule has 0 amide bonds. The average molecular weight is 246 g/mol. The van der Waals surface area contributed by atoms with Crippen LogP contribution in [0.15, 0.2) is 18.2 Å². The van der Waals surface area contributed by atoms with Gasteiger partial charge >= 0.3 is 0 Å². The van der Waals surface area contributed by atoms with Crippen molar-refractivity contribution in [2.75, 3.05) is 6.61 Å². The molecule has 0 bridgehead atoms. The van der Waals surface area contributed by atoms with E-state index in [9.17, 15) is 4.79 Å². The quantitative estimate of drug-likeness (QED) is 0.814. The summed E-state index contributed by atoms with van der Waals surface area (Å²) in [6.45, 7) is 4.97. The van der Waals surface area contributed by atoms with Crippen molar-refractivity contribution in [1.29, 1.82) is 0 Å². The maximum atomic E-state index is 12.0. The molecule has 1 saturated heterocycles. The zero-order chi connectivity index (χ0) is 13.0. The predicted molar refractivity (Wildman–Crippen MR) is 72.8 cm³/mol. The number of ether oxygens (including phenoxy) is 1. The van der Waals surface area contributed by atoms with Crippen LogP contribution in [0.3, 0.4) is 0 Å². The van der Waals surface area contributed by atoms with E-state index in [1.54, 1.807) is 0 Å². The third-order valence-electron chi connectivity index (χ3n) is 3.41. The largest absolute Gasteiger partial charge is 0.378 e. The molecular weight excluding hydrogens is 224 g/mol. The van der Waals surface area contributed by atoms with Gasteiger partial charge < -0.3 is 4.74 Å². The fraction of sp³-hybridized carbons (Fsp3) is 0.562. The van der Waals surface area contributed by atoms with E-state index in [0.29, 0.717) is 18.6 Å². The molecule has 1 aliphatic heterocycles. The standard InChI is InChI=1S/C16H22O2/c1-12-7-13(2)9-14(8-12)10-15(17)11-16-5-3-4-6-18-16/h7-9,16H,3-6,10-11H2,1-2H3. The van der Waals surface area contributed by atoms with Crippen LogP contribution in [0.2, 0.25) is 0 Å². The average Bonchev–Trinajstić information content (AvgIpc) is 2.28. The SMILES string of the molecule is Cc1cc(C)cc(CC(=O)CC2CCCCO2)c1. The van der Waals surface area contributed by atoms with Crippen molar-refractivity contribution < 1.29 is 9.53 Å². The van der Waals surface area contributed by atoms with Crippen molar-refractivity contribution in [3.8, 4) is 0 Å². The highest BCUT2D eigenvalue weighted by Crippen LogP contribution is 2.17. The summed E-state index contributed by atoms with van der Waals surface area (Å²) in [5.74, 6) is 0.298. The summed E-state index contributed by atoms with van der Waals surface area (Å²) < 4.78 is 5.61. The first-order chi connectivity index (χ1) is 8.63. The minimum atomic E-state index is 0.164. The van der Waals surface area contributed by atoms with Gasteiger partial charge in [-0.25, -0.2) is 0 Å². The highest BCUT2D eigenvalue weighted by molar-refractivity contribution is 5.81. The van der Waals surface area contributed by atoms with E-state index in [2.05, 4.69) is 32.0 Å². The van der Waals surface area contributed by atoms with E-state index in [-0.39, 0.29) is 6.10 Å². The summed E-state index contributed by atoms with van der Waals surface area (Å²) in [7, 11) is 0. The molecule has 0 N–H and O–H groups in total. The summed E-state index contributed by atoms with van der Waals surface area (Å²) in [6.07, 6.45) is 4.66. The molecule has 1 heterocycles. The van der Waals surface area contributed by atoms with E-state index >= 15 is 0 Å². The smallest absolute Gasteiger partial charge is 0.139 e. The monoisotopic (exact) mass is 246 g/mol. The first-order valence-electron chi connectivity index (χ1n) is 6.84. The fourth-order valence-electron chi connectivity index (χ4n) is 2.69. The third kappa shape index (κ3) is 3.95. The topological polar surface area (TPSA) is 26.3 Å². The van der Waals surface area contributed by atoms with Crippen LogP contribution in [0, 0.1) is 13.8 Å². The second-order valence-electron chi connectivity index (χ2n) is 5.40. The molecule has 0 spiro atoms. The second kappa shape index (κ2) is 6.14. The van der Waals surface area contributed by atoms with Crippen LogP contribution in [0.25, 0.3) is 0 Å². The van der Waals surface area contributed by atoms with Gasteiger partial charge in [0.05, 0.1) is 6.10 Å². The lowest BCUT2D eigenvalue weighted by atomic mass is 9.98. The molecule has 1 aromatic carbocycles. The zero-order valence-electron chi connectivity index (χ0n) is 11.4. The van der Waals surface area contributed by atoms with Gasteiger partial charge in [-0.15, -0.1) is 0 Å². The van der Waals surface area contributed by atoms with Gasteiger partial charge in [-0.1, -0.05) is 29.3 Å². The van der Waals surface area contributed by atoms with Gasteiger partial charge in [0, 0.05) is 19.4 Å². The number of carbonyl (C=O) groups is 1. The van der Waals surface area contributed by atoms with Crippen LogP contribution in [0.5, 0.6) is 0 Å². The molecule has 1 unspecified atom stereocenters. The first-order valence-corrected chi connectivity index (χ1v) is 6.84. The van der Waals surface area contributed by atoms with Crippen LogP contribution < -0.4 is 0 Å². The lowest BCUT2D eigenvalue weighted by molar-refractivity contribution is -0.122. The summed E-state index contributed by atoms with van der Waals surface area (Å²) in [4.78, 5) is 12.0. The molecular formula is C16H22O2. The third-order valence-corrected chi connectivity index (χ3v) is 3.41. The molecule has 0 radical (unpaired) electrons. The Labute approximate surface area is 109 Å². The first kappa shape index (κ1) is 13.3. The predicted octanol–water partition coefficient (Wildman–Crippen LogP) is 3.37. The van der Waals surface area contributed by atoms with Crippen molar-refractivity contribution in [2.45, 2.75) is 52.1 Å². The Morgan fingerprint density at radius 1 is 1.22 bits per heavy atom. The maximum Gasteiger partial charge on any atom is 0.139 e. The minimum absolute atomic E-state index is 0.164. The van der Waals surface area contributed by atoms with Crippen molar-refractivity contribution in [1.82, 2.24) is 0 Å². The number of Topliss-reactive ketones (excluding diaryl/α,β-unsaturated/α-hetero) is 1. The number of benzene rings is 1. The molecule has 0 aliphatic carbocycles. The van der Waals surface area contributed by atoms with Gasteiger partial charge in [-0.3, -0.25) is 4.79 Å². The molecule has 98 valence electrons. The Kier molecular flexibility index (Phi) is 4.54. The van der Waals surface area contributed by atoms with E-state index in [0.717, 1.165) is 25.0 Å². The number of ketones is 1. The highest BCUT2D eigenvalue weighted by atomic mass is 16.5. The maximum absolute atomic E-state index is 12.0. The van der Waals surface area contributed by atoms with Gasteiger partial charge in [0.25, 0.3) is 0 Å². The van der Waals surface area contributed by atoms with Crippen LogP contribution in [0.1, 0.15) is 42.4 Å². The van der Waals surface area contributed by atoms with Crippen LogP contribution in [0.4, 0.5) is 0 Å². The Balaban J connectivity index is 1.89. The molecule has 0 saturated carbocycles. The van der Waals surface area contributed by atoms with E-state index < -0.39 is 0 Å². The molecule has 1 aliphatic rings. The lowest BCUT2D eigenvalue weighted by Gasteiger charge is -2.21. The Morgan fingerprint density at radius 3 is 2.56 bits per heavy atom. The van der Waals surface area contributed by atoms with Gasteiger partial charge in [0.15, 0.2) is 0 Å². The van der Waals surface area contributed by atoms with Gasteiger partial charge in [0.2, 0.25) is 0 Å². The fourth-order valence-corrected chi connectivity index (χ4v) is 2.69. The van der Waals surface area contributed by atoms with Gasteiger partial charge in [-0.05, 0) is 38.7 Å². The van der Waals surface area contributed by atoms with Gasteiger partial charge in [-0.2, -0.15) is 0 Å². The number of hydrogen-bond acceptors (Lipinski definition) is 2. The molecule has 2 heteroatoms. The van der Waals surface area contributed by atoms with Crippen molar-refractivity contribution in [2.24, 2.45) is 0 Å². The normalized spacial score (nSPS) is 19.8. The van der Waals surface area contributed by atoms with Crippen molar-refractivity contribution >= 4 is 5.78 Å². The zero-order valence-corrected chi connectivity index (χ0v) is 11.4. The molecule has 18 heavy (non-hydrogen) atoms. The van der Waals surface area contributed by atoms with Crippen LogP contribution in [-0.4, -0.2) is 18.5 Å². The molecule has 1 fully saturated rings. The lowest BCUT2D eigenvalue weighted by Crippen LogP contribution is -2.23. The van der Waals surface area contributed by atoms with Crippen LogP contribution in [-0.2, 0) is 16.0 Å². The number of rotatable bonds is 4. The Hall–Kier alpha value is -1.15. The van der Waals surface area contributed by atoms with E-state index in [1.165, 1.54) is 17.5 Å². The second-order valence-corrected chi connectivity index (χ2v) is 5.40. The summed E-state index contributed by atoms with van der Waals surface area (Å²) in [5.41, 5.74) is 3.59. The van der Waals surface area contributed by atoms with Crippen LogP contribution >= 0.6 is 0 Å². The molecule has 0 aromatic heterocycles. The Bertz CT molecular complexity index is 397. The number of carbonyl (C=O) groups excluding carboxylic acids is 1. The highest BCUT2D eigenvalue weighted by Gasteiger charge is 2.17. The van der Waals surface area contributed by atoms with Gasteiger partial charge in [0.1, 0.15) is 5.78 Å². The number of aryl methyl sites for hydroxylation is 2.